The first kappa shape index (κ1) is 13.5. The molecular weight excluding hydrogens is 264 g/mol. The minimum Gasteiger partial charge on any atom is -0.478 e. The number of urea groups is 1. The van der Waals surface area contributed by atoms with Gasteiger partial charge in [-0.15, -0.1) is 0 Å². The van der Waals surface area contributed by atoms with E-state index in [2.05, 4.69) is 25.3 Å². The Kier molecular flexibility index (Phi) is 4.28. The lowest BCUT2D eigenvalue weighted by molar-refractivity contribution is 0.0697. The second kappa shape index (κ2) is 6.32. The van der Waals surface area contributed by atoms with Gasteiger partial charge in [-0.2, -0.15) is 4.98 Å². The van der Waals surface area contributed by atoms with Crippen molar-refractivity contribution in [3.05, 3.63) is 42.0 Å². The van der Waals surface area contributed by atoms with E-state index in [1.807, 2.05) is 0 Å². The van der Waals surface area contributed by atoms with Gasteiger partial charge < -0.3 is 20.3 Å². The number of carbonyl (C=O) groups excluding carboxylic acids is 1. The van der Waals surface area contributed by atoms with Crippen LogP contribution in [0.4, 0.5) is 10.5 Å². The van der Waals surface area contributed by atoms with Gasteiger partial charge in [0.1, 0.15) is 0 Å². The van der Waals surface area contributed by atoms with Gasteiger partial charge in [-0.1, -0.05) is 11.2 Å². The third-order valence-electron chi connectivity index (χ3n) is 2.41. The molecule has 0 saturated carbocycles. The molecular formula is C12H12N4O4. The van der Waals surface area contributed by atoms with Crippen molar-refractivity contribution in [3.8, 4) is 0 Å². The van der Waals surface area contributed by atoms with Crippen LogP contribution in [-0.4, -0.2) is 33.8 Å². The molecule has 0 aliphatic heterocycles. The number of nitrogens with one attached hydrogen (secondary N) is 2. The van der Waals surface area contributed by atoms with Gasteiger partial charge in [0.2, 0.25) is 6.39 Å². The lowest BCUT2D eigenvalue weighted by atomic mass is 10.2. The van der Waals surface area contributed by atoms with Gasteiger partial charge in [-0.3, -0.25) is 0 Å². The second-order valence-electron chi connectivity index (χ2n) is 3.86. The molecule has 0 bridgehead atoms. The van der Waals surface area contributed by atoms with Crippen molar-refractivity contribution < 1.29 is 19.2 Å². The molecule has 2 aromatic rings. The molecule has 0 unspecified atom stereocenters. The minimum absolute atomic E-state index is 0.106. The standard InChI is InChI=1S/C12H12N4O4/c17-11(18)8-2-1-3-9(6-8)15-12(19)13-5-4-10-14-7-20-16-10/h1-3,6-7H,4-5H2,(H,17,18)(H2,13,15,19). The van der Waals surface area contributed by atoms with Crippen LogP contribution in [0, 0.1) is 0 Å². The van der Waals surface area contributed by atoms with Crippen LogP contribution in [0.3, 0.4) is 0 Å². The Labute approximate surface area is 113 Å². The highest BCUT2D eigenvalue weighted by molar-refractivity contribution is 5.93. The van der Waals surface area contributed by atoms with Crippen molar-refractivity contribution >= 4 is 17.7 Å². The molecule has 0 aliphatic rings. The van der Waals surface area contributed by atoms with E-state index >= 15 is 0 Å². The Morgan fingerprint density at radius 3 is 2.90 bits per heavy atom. The summed E-state index contributed by atoms with van der Waals surface area (Å²) < 4.78 is 4.56. The van der Waals surface area contributed by atoms with Crippen LogP contribution in [0.2, 0.25) is 0 Å². The van der Waals surface area contributed by atoms with E-state index in [4.69, 9.17) is 5.11 Å². The summed E-state index contributed by atoms with van der Waals surface area (Å²) in [6.45, 7) is 0.337. The van der Waals surface area contributed by atoms with E-state index in [9.17, 15) is 9.59 Å². The Bertz CT molecular complexity index is 597. The molecule has 1 aromatic carbocycles. The summed E-state index contributed by atoms with van der Waals surface area (Å²) in [5.74, 6) is -0.552. The fourth-order valence-corrected chi connectivity index (χ4v) is 1.50. The van der Waals surface area contributed by atoms with Gasteiger partial charge in [0.25, 0.3) is 0 Å². The lowest BCUT2D eigenvalue weighted by Crippen LogP contribution is -2.30. The number of carboxylic acids is 1. The molecule has 1 aromatic heterocycles. The highest BCUT2D eigenvalue weighted by Gasteiger charge is 2.06. The minimum atomic E-state index is -1.05. The van der Waals surface area contributed by atoms with Crippen LogP contribution in [0.5, 0.6) is 0 Å². The summed E-state index contributed by atoms with van der Waals surface area (Å²) in [6.07, 6.45) is 1.66. The fourth-order valence-electron chi connectivity index (χ4n) is 1.50. The van der Waals surface area contributed by atoms with Crippen LogP contribution < -0.4 is 10.6 Å². The monoisotopic (exact) mass is 276 g/mol. The smallest absolute Gasteiger partial charge is 0.335 e. The number of rotatable bonds is 5. The maximum Gasteiger partial charge on any atom is 0.335 e. The van der Waals surface area contributed by atoms with Gasteiger partial charge in [0, 0.05) is 18.7 Å². The quantitative estimate of drug-likeness (QED) is 0.753. The summed E-state index contributed by atoms with van der Waals surface area (Å²) in [5.41, 5.74) is 0.511. The van der Waals surface area contributed by atoms with Crippen LogP contribution in [0.15, 0.2) is 35.2 Å². The Morgan fingerprint density at radius 1 is 1.35 bits per heavy atom. The number of benzene rings is 1. The molecule has 0 spiro atoms. The molecule has 3 N–H and O–H groups in total. The molecule has 2 rings (SSSR count). The van der Waals surface area contributed by atoms with Crippen molar-refractivity contribution in [2.75, 3.05) is 11.9 Å². The van der Waals surface area contributed by atoms with E-state index < -0.39 is 12.0 Å². The third kappa shape index (κ3) is 3.80. The van der Waals surface area contributed by atoms with Crippen molar-refractivity contribution in [2.45, 2.75) is 6.42 Å². The highest BCUT2D eigenvalue weighted by Crippen LogP contribution is 2.10. The topological polar surface area (TPSA) is 117 Å². The third-order valence-corrected chi connectivity index (χ3v) is 2.41. The maximum atomic E-state index is 11.6. The molecule has 0 atom stereocenters. The number of hydrogen-bond donors (Lipinski definition) is 3. The Morgan fingerprint density at radius 2 is 2.20 bits per heavy atom. The molecule has 0 radical (unpaired) electrons. The number of anilines is 1. The molecule has 20 heavy (non-hydrogen) atoms. The van der Waals surface area contributed by atoms with E-state index in [1.54, 1.807) is 12.1 Å². The first-order valence-corrected chi connectivity index (χ1v) is 5.78. The first-order valence-electron chi connectivity index (χ1n) is 5.78. The van der Waals surface area contributed by atoms with Crippen LogP contribution in [-0.2, 0) is 6.42 Å². The second-order valence-corrected chi connectivity index (χ2v) is 3.86. The van der Waals surface area contributed by atoms with E-state index in [-0.39, 0.29) is 5.56 Å². The van der Waals surface area contributed by atoms with Crippen molar-refractivity contribution in [1.82, 2.24) is 15.5 Å². The molecule has 0 aliphatic carbocycles. The summed E-state index contributed by atoms with van der Waals surface area (Å²) in [7, 11) is 0. The van der Waals surface area contributed by atoms with E-state index in [0.717, 1.165) is 0 Å². The number of hydrogen-bond acceptors (Lipinski definition) is 5. The van der Waals surface area contributed by atoms with E-state index in [1.165, 1.54) is 18.5 Å². The van der Waals surface area contributed by atoms with Gasteiger partial charge in [0.15, 0.2) is 5.82 Å². The van der Waals surface area contributed by atoms with Crippen molar-refractivity contribution in [2.24, 2.45) is 0 Å². The zero-order chi connectivity index (χ0) is 14.4. The van der Waals surface area contributed by atoms with Crippen molar-refractivity contribution in [1.29, 1.82) is 0 Å². The number of carboxylic acid groups (broad SMARTS) is 1. The average Bonchev–Trinajstić information content (AvgIpc) is 2.92. The SMILES string of the molecule is O=C(NCCc1ncon1)Nc1cccc(C(=O)O)c1. The van der Waals surface area contributed by atoms with Crippen LogP contribution in [0.25, 0.3) is 0 Å². The van der Waals surface area contributed by atoms with Crippen LogP contribution >= 0.6 is 0 Å². The maximum absolute atomic E-state index is 11.6. The molecule has 1 heterocycles. The summed E-state index contributed by atoms with van der Waals surface area (Å²) >= 11 is 0. The van der Waals surface area contributed by atoms with Gasteiger partial charge in [0.05, 0.1) is 5.56 Å². The summed E-state index contributed by atoms with van der Waals surface area (Å²) in [6, 6.07) is 5.54. The van der Waals surface area contributed by atoms with Gasteiger partial charge in [-0.25, -0.2) is 9.59 Å². The van der Waals surface area contributed by atoms with E-state index in [0.29, 0.717) is 24.5 Å². The van der Waals surface area contributed by atoms with Gasteiger partial charge >= 0.3 is 12.0 Å². The number of aromatic nitrogens is 2. The van der Waals surface area contributed by atoms with Crippen molar-refractivity contribution in [3.63, 3.8) is 0 Å². The number of nitrogens with zero attached hydrogens (tertiary/aromatic N) is 2. The van der Waals surface area contributed by atoms with Gasteiger partial charge in [-0.05, 0) is 18.2 Å². The predicted molar refractivity (Wildman–Crippen MR) is 68.4 cm³/mol. The molecule has 8 heteroatoms. The number of carbonyl (C=O) groups is 2. The largest absolute Gasteiger partial charge is 0.478 e. The zero-order valence-corrected chi connectivity index (χ0v) is 10.4. The molecule has 0 fully saturated rings. The fraction of sp³-hybridized carbons (Fsp3) is 0.167. The van der Waals surface area contributed by atoms with Crippen LogP contribution in [0.1, 0.15) is 16.2 Å². The molecule has 8 nitrogen and oxygen atoms in total. The Balaban J connectivity index is 1.82. The first-order chi connectivity index (χ1) is 9.65. The average molecular weight is 276 g/mol. The lowest BCUT2D eigenvalue weighted by Gasteiger charge is -2.07. The number of amides is 2. The predicted octanol–water partition coefficient (Wildman–Crippen LogP) is 1.13. The zero-order valence-electron chi connectivity index (χ0n) is 10.4. The number of aromatic carboxylic acids is 1. The molecule has 2 amide bonds. The summed E-state index contributed by atoms with van der Waals surface area (Å²) in [4.78, 5) is 26.2. The highest BCUT2D eigenvalue weighted by atomic mass is 16.5. The molecule has 104 valence electrons. The normalized spacial score (nSPS) is 10.0. The molecule has 0 saturated heterocycles. The Hall–Kier alpha value is -2.90. The summed E-state index contributed by atoms with van der Waals surface area (Å²) in [5, 5.41) is 17.6.